The van der Waals surface area contributed by atoms with Crippen molar-refractivity contribution < 1.29 is 28.6 Å². The molecule has 0 atom stereocenters. The zero-order chi connectivity index (χ0) is 27.5. The van der Waals surface area contributed by atoms with Crippen LogP contribution in [0.15, 0.2) is 108 Å². The highest BCUT2D eigenvalue weighted by atomic mass is 16.5. The van der Waals surface area contributed by atoms with Crippen LogP contribution in [0, 0.1) is 0 Å². The molecule has 39 heavy (non-hydrogen) atoms. The molecule has 1 N–H and O–H groups in total. The number of hydrogen-bond acceptors (Lipinski definition) is 7. The second-order valence-electron chi connectivity index (χ2n) is 8.28. The van der Waals surface area contributed by atoms with Crippen molar-refractivity contribution in [2.45, 2.75) is 13.3 Å². The Balaban J connectivity index is 1.50. The molecule has 0 saturated heterocycles. The van der Waals surface area contributed by atoms with Crippen molar-refractivity contribution >= 4 is 24.1 Å². The average molecular weight is 523 g/mol. The van der Waals surface area contributed by atoms with E-state index in [1.165, 1.54) is 12.3 Å². The van der Waals surface area contributed by atoms with E-state index in [0.29, 0.717) is 34.6 Å². The molecule has 4 aromatic rings. The van der Waals surface area contributed by atoms with Crippen molar-refractivity contribution in [3.63, 3.8) is 0 Å². The SMILES string of the molecule is CCCOc1ccc(C(=O)N/N=C/c2ccc(OC(=O)c3ccccc3)cc2OC(=O)c2ccccc2)cc1. The Kier molecular flexibility index (Phi) is 9.18. The van der Waals surface area contributed by atoms with E-state index in [1.807, 2.05) is 6.92 Å². The Hall–Kier alpha value is -5.24. The van der Waals surface area contributed by atoms with E-state index in [0.717, 1.165) is 6.42 Å². The zero-order valence-corrected chi connectivity index (χ0v) is 21.2. The molecule has 0 bridgehead atoms. The second kappa shape index (κ2) is 13.3. The normalized spacial score (nSPS) is 10.6. The van der Waals surface area contributed by atoms with Gasteiger partial charge in [0.05, 0.1) is 23.9 Å². The fourth-order valence-electron chi connectivity index (χ4n) is 3.39. The number of hydrazone groups is 1. The van der Waals surface area contributed by atoms with E-state index in [-0.39, 0.29) is 11.5 Å². The maximum atomic E-state index is 12.7. The molecule has 0 heterocycles. The Morgan fingerprint density at radius 1 is 0.718 bits per heavy atom. The fourth-order valence-corrected chi connectivity index (χ4v) is 3.39. The highest BCUT2D eigenvalue weighted by Crippen LogP contribution is 2.26. The van der Waals surface area contributed by atoms with Gasteiger partial charge in [0.25, 0.3) is 5.91 Å². The van der Waals surface area contributed by atoms with Crippen LogP contribution in [0.3, 0.4) is 0 Å². The number of ether oxygens (including phenoxy) is 3. The number of esters is 2. The van der Waals surface area contributed by atoms with Crippen LogP contribution in [-0.4, -0.2) is 30.7 Å². The van der Waals surface area contributed by atoms with Gasteiger partial charge >= 0.3 is 11.9 Å². The summed E-state index contributed by atoms with van der Waals surface area (Å²) in [5.41, 5.74) is 3.94. The first-order valence-corrected chi connectivity index (χ1v) is 12.3. The molecule has 0 radical (unpaired) electrons. The average Bonchev–Trinajstić information content (AvgIpc) is 2.98. The molecule has 196 valence electrons. The minimum absolute atomic E-state index is 0.0950. The maximum Gasteiger partial charge on any atom is 0.343 e. The van der Waals surface area contributed by atoms with Gasteiger partial charge in [-0.15, -0.1) is 0 Å². The Labute approximate surface area is 225 Å². The summed E-state index contributed by atoms with van der Waals surface area (Å²) in [7, 11) is 0. The summed E-state index contributed by atoms with van der Waals surface area (Å²) >= 11 is 0. The third-order valence-electron chi connectivity index (χ3n) is 5.38. The van der Waals surface area contributed by atoms with Gasteiger partial charge in [-0.05, 0) is 67.1 Å². The Bertz CT molecular complexity index is 1450. The zero-order valence-electron chi connectivity index (χ0n) is 21.2. The highest BCUT2D eigenvalue weighted by molar-refractivity contribution is 5.96. The van der Waals surface area contributed by atoms with E-state index in [9.17, 15) is 14.4 Å². The van der Waals surface area contributed by atoms with Gasteiger partial charge in [0.15, 0.2) is 0 Å². The van der Waals surface area contributed by atoms with Crippen LogP contribution in [0.1, 0.15) is 50.0 Å². The van der Waals surface area contributed by atoms with Gasteiger partial charge in [0.1, 0.15) is 17.2 Å². The lowest BCUT2D eigenvalue weighted by atomic mass is 10.2. The quantitative estimate of drug-likeness (QED) is 0.124. The van der Waals surface area contributed by atoms with E-state index < -0.39 is 17.8 Å². The summed E-state index contributed by atoms with van der Waals surface area (Å²) in [6.07, 6.45) is 2.23. The summed E-state index contributed by atoms with van der Waals surface area (Å²) in [6.45, 7) is 2.61. The van der Waals surface area contributed by atoms with Gasteiger partial charge in [0.2, 0.25) is 0 Å². The van der Waals surface area contributed by atoms with Crippen molar-refractivity contribution in [1.82, 2.24) is 5.43 Å². The molecule has 0 aliphatic carbocycles. The van der Waals surface area contributed by atoms with Crippen molar-refractivity contribution in [3.8, 4) is 17.2 Å². The first-order valence-electron chi connectivity index (χ1n) is 12.3. The molecular formula is C31H26N2O6. The maximum absolute atomic E-state index is 12.7. The molecule has 0 aromatic heterocycles. The first kappa shape index (κ1) is 26.8. The second-order valence-corrected chi connectivity index (χ2v) is 8.28. The molecule has 0 aliphatic heterocycles. The number of hydrogen-bond donors (Lipinski definition) is 1. The molecule has 0 aliphatic rings. The number of rotatable bonds is 10. The van der Waals surface area contributed by atoms with Crippen molar-refractivity contribution in [2.24, 2.45) is 5.10 Å². The molecule has 1 amide bonds. The molecule has 0 spiro atoms. The number of carbonyl (C=O) groups excluding carboxylic acids is 3. The minimum atomic E-state index is -0.605. The lowest BCUT2D eigenvalue weighted by Gasteiger charge is -2.10. The standard InChI is InChI=1S/C31H26N2O6/c1-2-19-37-26-16-13-22(14-17-26)29(34)33-32-21-25-15-18-27(38-30(35)23-9-5-3-6-10-23)20-28(25)39-31(36)24-11-7-4-8-12-24/h3-18,20-21H,2,19H2,1H3,(H,33,34)/b32-21+. The predicted octanol–water partition coefficient (Wildman–Crippen LogP) is 5.68. The van der Waals surface area contributed by atoms with Gasteiger partial charge in [0, 0.05) is 17.2 Å². The topological polar surface area (TPSA) is 103 Å². The highest BCUT2D eigenvalue weighted by Gasteiger charge is 2.15. The molecule has 0 saturated carbocycles. The van der Waals surface area contributed by atoms with Crippen LogP contribution in [-0.2, 0) is 0 Å². The summed E-state index contributed by atoms with van der Waals surface area (Å²) in [4.78, 5) is 37.7. The van der Waals surface area contributed by atoms with Gasteiger partial charge < -0.3 is 14.2 Å². The van der Waals surface area contributed by atoms with E-state index in [2.05, 4.69) is 10.5 Å². The molecule has 4 aromatic carbocycles. The van der Waals surface area contributed by atoms with Crippen LogP contribution in [0.4, 0.5) is 0 Å². The van der Waals surface area contributed by atoms with Crippen LogP contribution in [0.5, 0.6) is 17.2 Å². The van der Waals surface area contributed by atoms with E-state index in [1.54, 1.807) is 97.1 Å². The first-order chi connectivity index (χ1) is 19.0. The molecule has 8 nitrogen and oxygen atoms in total. The van der Waals surface area contributed by atoms with Crippen molar-refractivity contribution in [3.05, 3.63) is 125 Å². The number of amides is 1. The minimum Gasteiger partial charge on any atom is -0.494 e. The number of benzene rings is 4. The Morgan fingerprint density at radius 2 is 1.31 bits per heavy atom. The fraction of sp³-hybridized carbons (Fsp3) is 0.0968. The lowest BCUT2D eigenvalue weighted by molar-refractivity contribution is 0.0732. The Morgan fingerprint density at radius 3 is 1.92 bits per heavy atom. The van der Waals surface area contributed by atoms with E-state index >= 15 is 0 Å². The van der Waals surface area contributed by atoms with Crippen LogP contribution in [0.25, 0.3) is 0 Å². The third-order valence-corrected chi connectivity index (χ3v) is 5.38. The van der Waals surface area contributed by atoms with Crippen LogP contribution >= 0.6 is 0 Å². The number of nitrogens with one attached hydrogen (secondary N) is 1. The van der Waals surface area contributed by atoms with Gasteiger partial charge in [-0.25, -0.2) is 15.0 Å². The molecule has 0 unspecified atom stereocenters. The molecular weight excluding hydrogens is 496 g/mol. The predicted molar refractivity (Wildman–Crippen MR) is 147 cm³/mol. The largest absolute Gasteiger partial charge is 0.494 e. The van der Waals surface area contributed by atoms with Gasteiger partial charge in [-0.3, -0.25) is 4.79 Å². The van der Waals surface area contributed by atoms with Crippen LogP contribution < -0.4 is 19.6 Å². The molecule has 0 fully saturated rings. The molecule has 8 heteroatoms. The van der Waals surface area contributed by atoms with E-state index in [4.69, 9.17) is 14.2 Å². The summed E-state index contributed by atoms with van der Waals surface area (Å²) in [5.74, 6) is -0.648. The molecule has 4 rings (SSSR count). The van der Waals surface area contributed by atoms with Crippen LogP contribution in [0.2, 0.25) is 0 Å². The number of nitrogens with zero attached hydrogens (tertiary/aromatic N) is 1. The smallest absolute Gasteiger partial charge is 0.343 e. The van der Waals surface area contributed by atoms with Crippen molar-refractivity contribution in [1.29, 1.82) is 0 Å². The summed E-state index contributed by atoms with van der Waals surface area (Å²) < 4.78 is 16.6. The monoisotopic (exact) mass is 522 g/mol. The number of carbonyl (C=O) groups is 3. The van der Waals surface area contributed by atoms with Gasteiger partial charge in [-0.2, -0.15) is 5.10 Å². The third kappa shape index (κ3) is 7.62. The summed E-state index contributed by atoms with van der Waals surface area (Å²) in [6, 6.07) is 28.2. The van der Waals surface area contributed by atoms with Crippen molar-refractivity contribution in [2.75, 3.05) is 6.61 Å². The summed E-state index contributed by atoms with van der Waals surface area (Å²) in [5, 5.41) is 4.01. The lowest BCUT2D eigenvalue weighted by Crippen LogP contribution is -2.17. The van der Waals surface area contributed by atoms with Gasteiger partial charge in [-0.1, -0.05) is 43.3 Å².